The van der Waals surface area contributed by atoms with Gasteiger partial charge in [-0.1, -0.05) is 47.7 Å². The molecule has 1 N–H and O–H groups in total. The number of carbonyl (C=O) groups excluding carboxylic acids is 1. The number of hydrogen-bond acceptors (Lipinski definition) is 7. The van der Waals surface area contributed by atoms with E-state index in [1.807, 2.05) is 77.5 Å². The fourth-order valence-corrected chi connectivity index (χ4v) is 4.24. The molecule has 0 bridgehead atoms. The first kappa shape index (κ1) is 21.8. The molecule has 4 rings (SSSR count). The topological polar surface area (TPSA) is 81.4 Å². The first-order valence-electron chi connectivity index (χ1n) is 9.79. The highest BCUT2D eigenvalue weighted by atomic mass is 32.2. The van der Waals surface area contributed by atoms with Gasteiger partial charge in [0.1, 0.15) is 5.75 Å². The van der Waals surface area contributed by atoms with Crippen LogP contribution < -0.4 is 10.2 Å². The van der Waals surface area contributed by atoms with Gasteiger partial charge in [-0.05, 0) is 42.6 Å². The summed E-state index contributed by atoms with van der Waals surface area (Å²) in [6.45, 7) is 2.04. The number of amides is 1. The maximum absolute atomic E-state index is 12.3. The highest BCUT2D eigenvalue weighted by molar-refractivity contribution is 7.99. The van der Waals surface area contributed by atoms with Gasteiger partial charge in [0.25, 0.3) is 5.91 Å². The first-order valence-corrected chi connectivity index (χ1v) is 11.7. The van der Waals surface area contributed by atoms with E-state index >= 15 is 0 Å². The van der Waals surface area contributed by atoms with E-state index in [0.29, 0.717) is 11.0 Å². The Morgan fingerprint density at radius 2 is 1.94 bits per heavy atom. The molecule has 0 aliphatic carbocycles. The Kier molecular flexibility index (Phi) is 6.98. The minimum absolute atomic E-state index is 0.157. The molecule has 2 aromatic heterocycles. The molecule has 0 saturated carbocycles. The fraction of sp³-hybridized carbons (Fsp3) is 0.130. The molecular weight excluding hydrogens is 442 g/mol. The summed E-state index contributed by atoms with van der Waals surface area (Å²) in [5.74, 6) is 1.40. The molecule has 0 unspecified atom stereocenters. The van der Waals surface area contributed by atoms with Crippen molar-refractivity contribution >= 4 is 35.2 Å². The predicted octanol–water partition coefficient (Wildman–Crippen LogP) is 4.56. The lowest BCUT2D eigenvalue weighted by Gasteiger charge is -2.11. The lowest BCUT2D eigenvalue weighted by atomic mass is 10.1. The zero-order valence-corrected chi connectivity index (χ0v) is 19.2. The van der Waals surface area contributed by atoms with Gasteiger partial charge in [0.05, 0.1) is 19.1 Å². The van der Waals surface area contributed by atoms with Gasteiger partial charge in [-0.3, -0.25) is 9.36 Å². The molecule has 0 aliphatic heterocycles. The SMILES string of the molecule is COc1ccc(-n2c(SCC(=O)N/N=C\c3cccs3)nnc2-c2ccc(C)cc2)cc1. The Bertz CT molecular complexity index is 1200. The molecule has 2 aromatic carbocycles. The average Bonchev–Trinajstić information content (AvgIpc) is 3.48. The van der Waals surface area contributed by atoms with Crippen LogP contribution in [0.1, 0.15) is 10.4 Å². The second-order valence-electron chi connectivity index (χ2n) is 6.80. The predicted molar refractivity (Wildman–Crippen MR) is 129 cm³/mol. The molecule has 7 nitrogen and oxygen atoms in total. The Hall–Kier alpha value is -3.43. The standard InChI is InChI=1S/C23H21N5O2S2/c1-16-5-7-17(8-6-16)22-26-27-23(28(22)18-9-11-19(30-2)12-10-18)32-15-21(29)25-24-14-20-4-3-13-31-20/h3-14H,15H2,1-2H3,(H,25,29)/b24-14-. The minimum atomic E-state index is -0.219. The third-order valence-electron chi connectivity index (χ3n) is 4.53. The summed E-state index contributed by atoms with van der Waals surface area (Å²) in [6, 6.07) is 19.6. The summed E-state index contributed by atoms with van der Waals surface area (Å²) < 4.78 is 7.22. The number of aryl methyl sites for hydroxylation is 1. The molecule has 0 aliphatic rings. The molecule has 1 amide bonds. The third kappa shape index (κ3) is 5.24. The third-order valence-corrected chi connectivity index (χ3v) is 6.27. The highest BCUT2D eigenvalue weighted by Gasteiger charge is 2.17. The van der Waals surface area contributed by atoms with E-state index in [-0.39, 0.29) is 11.7 Å². The van der Waals surface area contributed by atoms with E-state index in [0.717, 1.165) is 21.9 Å². The molecule has 32 heavy (non-hydrogen) atoms. The molecule has 0 fully saturated rings. The van der Waals surface area contributed by atoms with Gasteiger partial charge >= 0.3 is 0 Å². The van der Waals surface area contributed by atoms with Crippen molar-refractivity contribution in [3.63, 3.8) is 0 Å². The van der Waals surface area contributed by atoms with E-state index in [2.05, 4.69) is 20.7 Å². The number of thiophene rings is 1. The molecule has 0 spiro atoms. The van der Waals surface area contributed by atoms with Crippen LogP contribution in [-0.4, -0.2) is 39.7 Å². The van der Waals surface area contributed by atoms with Crippen LogP contribution in [-0.2, 0) is 4.79 Å². The van der Waals surface area contributed by atoms with Crippen LogP contribution in [0.2, 0.25) is 0 Å². The van der Waals surface area contributed by atoms with E-state index in [4.69, 9.17) is 4.74 Å². The summed E-state index contributed by atoms with van der Waals surface area (Å²) >= 11 is 2.85. The number of thioether (sulfide) groups is 1. The van der Waals surface area contributed by atoms with Crippen LogP contribution in [0.4, 0.5) is 0 Å². The van der Waals surface area contributed by atoms with Gasteiger partial charge in [-0.25, -0.2) is 5.43 Å². The molecule has 2 heterocycles. The van der Waals surface area contributed by atoms with Crippen molar-refractivity contribution in [2.24, 2.45) is 5.10 Å². The summed E-state index contributed by atoms with van der Waals surface area (Å²) in [5, 5.41) is 15.3. The van der Waals surface area contributed by atoms with Gasteiger partial charge in [-0.2, -0.15) is 5.10 Å². The lowest BCUT2D eigenvalue weighted by Crippen LogP contribution is -2.19. The van der Waals surface area contributed by atoms with Crippen LogP contribution >= 0.6 is 23.1 Å². The number of methoxy groups -OCH3 is 1. The zero-order valence-electron chi connectivity index (χ0n) is 17.6. The minimum Gasteiger partial charge on any atom is -0.497 e. The van der Waals surface area contributed by atoms with Crippen molar-refractivity contribution in [2.75, 3.05) is 12.9 Å². The van der Waals surface area contributed by atoms with E-state index < -0.39 is 0 Å². The second kappa shape index (κ2) is 10.3. The molecule has 0 radical (unpaired) electrons. The van der Waals surface area contributed by atoms with Crippen LogP contribution in [0, 0.1) is 6.92 Å². The number of carbonyl (C=O) groups is 1. The number of hydrazone groups is 1. The Morgan fingerprint density at radius 1 is 1.16 bits per heavy atom. The number of benzene rings is 2. The van der Waals surface area contributed by atoms with E-state index in [1.54, 1.807) is 24.7 Å². The largest absolute Gasteiger partial charge is 0.497 e. The number of nitrogens with zero attached hydrogens (tertiary/aromatic N) is 4. The highest BCUT2D eigenvalue weighted by Crippen LogP contribution is 2.29. The van der Waals surface area contributed by atoms with Crippen molar-refractivity contribution in [1.29, 1.82) is 0 Å². The smallest absolute Gasteiger partial charge is 0.250 e. The van der Waals surface area contributed by atoms with Crippen molar-refractivity contribution in [3.8, 4) is 22.8 Å². The number of rotatable bonds is 8. The summed E-state index contributed by atoms with van der Waals surface area (Å²) in [4.78, 5) is 13.2. The quantitative estimate of drug-likeness (QED) is 0.235. The van der Waals surface area contributed by atoms with E-state index in [1.165, 1.54) is 17.3 Å². The normalized spacial score (nSPS) is 11.1. The Balaban J connectivity index is 1.55. The summed E-state index contributed by atoms with van der Waals surface area (Å²) in [5.41, 5.74) is 5.54. The maximum Gasteiger partial charge on any atom is 0.250 e. The zero-order chi connectivity index (χ0) is 22.3. The van der Waals surface area contributed by atoms with Crippen molar-refractivity contribution in [1.82, 2.24) is 20.2 Å². The van der Waals surface area contributed by atoms with Crippen molar-refractivity contribution in [2.45, 2.75) is 12.1 Å². The molecule has 4 aromatic rings. The first-order chi connectivity index (χ1) is 15.6. The van der Waals surface area contributed by atoms with Crippen molar-refractivity contribution < 1.29 is 9.53 Å². The van der Waals surface area contributed by atoms with Crippen LogP contribution in [0.5, 0.6) is 5.75 Å². The van der Waals surface area contributed by atoms with Gasteiger partial charge in [0.2, 0.25) is 0 Å². The molecule has 0 saturated heterocycles. The van der Waals surface area contributed by atoms with Gasteiger partial charge < -0.3 is 4.74 Å². The summed E-state index contributed by atoms with van der Waals surface area (Å²) in [6.07, 6.45) is 1.63. The average molecular weight is 464 g/mol. The van der Waals surface area contributed by atoms with Crippen LogP contribution in [0.25, 0.3) is 17.1 Å². The summed E-state index contributed by atoms with van der Waals surface area (Å²) in [7, 11) is 1.63. The molecule has 9 heteroatoms. The van der Waals surface area contributed by atoms with Crippen molar-refractivity contribution in [3.05, 3.63) is 76.5 Å². The van der Waals surface area contributed by atoms with E-state index in [9.17, 15) is 4.79 Å². The number of ether oxygens (including phenoxy) is 1. The monoisotopic (exact) mass is 463 g/mol. The maximum atomic E-state index is 12.3. The second-order valence-corrected chi connectivity index (χ2v) is 8.72. The number of hydrogen-bond donors (Lipinski definition) is 1. The molecule has 162 valence electrons. The Morgan fingerprint density at radius 3 is 2.62 bits per heavy atom. The lowest BCUT2D eigenvalue weighted by molar-refractivity contribution is -0.118. The van der Waals surface area contributed by atoms with Gasteiger partial charge in [0.15, 0.2) is 11.0 Å². The van der Waals surface area contributed by atoms with Crippen LogP contribution in [0.3, 0.4) is 0 Å². The van der Waals surface area contributed by atoms with Gasteiger partial charge in [-0.15, -0.1) is 21.5 Å². The van der Waals surface area contributed by atoms with Gasteiger partial charge in [0, 0.05) is 16.1 Å². The van der Waals surface area contributed by atoms with Crippen LogP contribution in [0.15, 0.2) is 76.3 Å². The molecule has 0 atom stereocenters. The fourth-order valence-electron chi connectivity index (χ4n) is 2.91. The molecular formula is C23H21N5O2S2. The number of aromatic nitrogens is 3. The Labute approximate surface area is 194 Å². The number of nitrogens with one attached hydrogen (secondary N) is 1.